The maximum Gasteiger partial charge on any atom is 0.265 e. The topological polar surface area (TPSA) is 80.0 Å². The summed E-state index contributed by atoms with van der Waals surface area (Å²) >= 11 is 1.32. The monoisotopic (exact) mass is 310 g/mol. The summed E-state index contributed by atoms with van der Waals surface area (Å²) in [6.45, 7) is 12.6. The Morgan fingerprint density at radius 1 is 1.33 bits per heavy atom. The van der Waals surface area contributed by atoms with Gasteiger partial charge >= 0.3 is 0 Å². The molecule has 2 rings (SSSR count). The largest absolute Gasteiger partial charge is 0.382 e. The number of anilines is 2. The van der Waals surface area contributed by atoms with Crippen LogP contribution >= 0.6 is 11.3 Å². The Hall–Kier alpha value is -1.30. The van der Waals surface area contributed by atoms with E-state index in [0.29, 0.717) is 28.3 Å². The smallest absolute Gasteiger partial charge is 0.265 e. The van der Waals surface area contributed by atoms with Gasteiger partial charge in [-0.3, -0.25) is 4.79 Å². The second-order valence-corrected chi connectivity index (χ2v) is 7.87. The van der Waals surface area contributed by atoms with Gasteiger partial charge in [0.05, 0.1) is 0 Å². The zero-order valence-corrected chi connectivity index (χ0v) is 14.4. The van der Waals surface area contributed by atoms with E-state index in [2.05, 4.69) is 50.2 Å². The number of nitrogen functional groups attached to an aromatic ring is 1. The van der Waals surface area contributed by atoms with Crippen molar-refractivity contribution in [3.8, 4) is 0 Å². The third-order valence-electron chi connectivity index (χ3n) is 5.17. The van der Waals surface area contributed by atoms with E-state index in [9.17, 15) is 4.79 Å². The summed E-state index contributed by atoms with van der Waals surface area (Å²) < 4.78 is 0. The first-order chi connectivity index (χ1) is 9.71. The first kappa shape index (κ1) is 16.1. The van der Waals surface area contributed by atoms with Crippen LogP contribution in [0.5, 0.6) is 0 Å². The molecule has 1 saturated carbocycles. The SMILES string of the molecule is CCCNc1nc(N)c(C(=O)NCC2C(C)(C)C2(C)C)s1. The summed E-state index contributed by atoms with van der Waals surface area (Å²) in [4.78, 5) is 17.0. The normalized spacial score (nSPS) is 19.3. The lowest BCUT2D eigenvalue weighted by Crippen LogP contribution is -2.27. The molecular formula is C15H26N4OS. The van der Waals surface area contributed by atoms with Crippen molar-refractivity contribution in [1.82, 2.24) is 10.3 Å². The van der Waals surface area contributed by atoms with E-state index < -0.39 is 0 Å². The van der Waals surface area contributed by atoms with Crippen LogP contribution in [0.2, 0.25) is 0 Å². The third-order valence-corrected chi connectivity index (χ3v) is 6.20. The Labute approximate surface area is 130 Å². The molecule has 1 fully saturated rings. The number of carbonyl (C=O) groups excluding carboxylic acids is 1. The molecule has 0 radical (unpaired) electrons. The van der Waals surface area contributed by atoms with E-state index in [1.54, 1.807) is 0 Å². The molecule has 1 aliphatic carbocycles. The molecule has 1 aromatic rings. The summed E-state index contributed by atoms with van der Waals surface area (Å²) in [5, 5.41) is 6.88. The summed E-state index contributed by atoms with van der Waals surface area (Å²) in [5.41, 5.74) is 6.38. The highest BCUT2D eigenvalue weighted by Crippen LogP contribution is 2.67. The van der Waals surface area contributed by atoms with Gasteiger partial charge in [0, 0.05) is 13.1 Å². The number of nitrogens with two attached hydrogens (primary N) is 1. The number of nitrogens with one attached hydrogen (secondary N) is 2. The molecule has 0 atom stereocenters. The molecule has 1 aromatic heterocycles. The van der Waals surface area contributed by atoms with Gasteiger partial charge in [-0.2, -0.15) is 0 Å². The van der Waals surface area contributed by atoms with Crippen molar-refractivity contribution in [3.63, 3.8) is 0 Å². The molecular weight excluding hydrogens is 284 g/mol. The Bertz CT molecular complexity index is 522. The van der Waals surface area contributed by atoms with Crippen LogP contribution in [0.3, 0.4) is 0 Å². The number of hydrogen-bond acceptors (Lipinski definition) is 5. The summed E-state index contributed by atoms with van der Waals surface area (Å²) in [5.74, 6) is 0.694. The van der Waals surface area contributed by atoms with Crippen LogP contribution in [0.25, 0.3) is 0 Å². The minimum Gasteiger partial charge on any atom is -0.382 e. The van der Waals surface area contributed by atoms with E-state index >= 15 is 0 Å². The van der Waals surface area contributed by atoms with Gasteiger partial charge in [-0.05, 0) is 23.2 Å². The molecule has 1 amide bonds. The van der Waals surface area contributed by atoms with Crippen molar-refractivity contribution < 1.29 is 4.79 Å². The quantitative estimate of drug-likeness (QED) is 0.754. The number of thiazole rings is 1. The minimum atomic E-state index is -0.118. The van der Waals surface area contributed by atoms with Crippen LogP contribution in [-0.2, 0) is 0 Å². The van der Waals surface area contributed by atoms with Crippen molar-refractivity contribution in [1.29, 1.82) is 0 Å². The fraction of sp³-hybridized carbons (Fsp3) is 0.733. The van der Waals surface area contributed by atoms with Gasteiger partial charge in [0.15, 0.2) is 5.13 Å². The van der Waals surface area contributed by atoms with Crippen molar-refractivity contribution in [2.45, 2.75) is 41.0 Å². The molecule has 118 valence electrons. The van der Waals surface area contributed by atoms with Crippen LogP contribution in [-0.4, -0.2) is 24.0 Å². The number of carbonyl (C=O) groups is 1. The molecule has 0 aromatic carbocycles. The van der Waals surface area contributed by atoms with Crippen LogP contribution in [0.4, 0.5) is 10.9 Å². The average Bonchev–Trinajstić information content (AvgIpc) is 2.70. The second-order valence-electron chi connectivity index (χ2n) is 6.87. The molecule has 0 saturated heterocycles. The van der Waals surface area contributed by atoms with Gasteiger partial charge in [0.2, 0.25) is 0 Å². The lowest BCUT2D eigenvalue weighted by molar-refractivity contribution is 0.0954. The van der Waals surface area contributed by atoms with E-state index in [-0.39, 0.29) is 16.7 Å². The molecule has 6 heteroatoms. The standard InChI is InChI=1S/C15H26N4OS/c1-6-7-17-13-19-11(16)10(21-13)12(20)18-8-9-14(2,3)15(9,4)5/h9H,6-8,16H2,1-5H3,(H,17,19)(H,18,20). The highest BCUT2D eigenvalue weighted by Gasteiger charge is 2.64. The summed E-state index contributed by atoms with van der Waals surface area (Å²) in [6.07, 6.45) is 1.01. The van der Waals surface area contributed by atoms with Crippen LogP contribution in [0, 0.1) is 16.7 Å². The van der Waals surface area contributed by atoms with Gasteiger partial charge in [0.25, 0.3) is 5.91 Å². The van der Waals surface area contributed by atoms with Gasteiger partial charge in [-0.25, -0.2) is 4.98 Å². The number of rotatable bonds is 6. The zero-order valence-electron chi connectivity index (χ0n) is 13.5. The molecule has 5 nitrogen and oxygen atoms in total. The zero-order chi connectivity index (χ0) is 15.8. The summed E-state index contributed by atoms with van der Waals surface area (Å²) in [6, 6.07) is 0. The number of nitrogens with zero attached hydrogens (tertiary/aromatic N) is 1. The fourth-order valence-electron chi connectivity index (χ4n) is 2.92. The summed E-state index contributed by atoms with van der Waals surface area (Å²) in [7, 11) is 0. The van der Waals surface area contributed by atoms with E-state index in [1.807, 2.05) is 0 Å². The van der Waals surface area contributed by atoms with E-state index in [0.717, 1.165) is 13.0 Å². The lowest BCUT2D eigenvalue weighted by Gasteiger charge is -2.05. The maximum absolute atomic E-state index is 12.3. The molecule has 0 aliphatic heterocycles. The van der Waals surface area contributed by atoms with Gasteiger partial charge in [0.1, 0.15) is 10.7 Å². The van der Waals surface area contributed by atoms with E-state index in [1.165, 1.54) is 11.3 Å². The van der Waals surface area contributed by atoms with Crippen molar-refractivity contribution in [2.24, 2.45) is 16.7 Å². The van der Waals surface area contributed by atoms with E-state index in [4.69, 9.17) is 5.73 Å². The molecule has 0 bridgehead atoms. The first-order valence-electron chi connectivity index (χ1n) is 7.50. The second kappa shape index (κ2) is 5.48. The fourth-order valence-corrected chi connectivity index (χ4v) is 3.75. The highest BCUT2D eigenvalue weighted by molar-refractivity contribution is 7.18. The Morgan fingerprint density at radius 3 is 2.48 bits per heavy atom. The molecule has 4 N–H and O–H groups in total. The number of aromatic nitrogens is 1. The highest BCUT2D eigenvalue weighted by atomic mass is 32.1. The molecule has 1 heterocycles. The van der Waals surface area contributed by atoms with Gasteiger partial charge < -0.3 is 16.4 Å². The molecule has 0 unspecified atom stereocenters. The molecule has 1 aliphatic rings. The molecule has 21 heavy (non-hydrogen) atoms. The first-order valence-corrected chi connectivity index (χ1v) is 8.31. The Kier molecular flexibility index (Phi) is 4.19. The lowest BCUT2D eigenvalue weighted by atomic mass is 10.0. The third kappa shape index (κ3) is 2.86. The number of hydrogen-bond donors (Lipinski definition) is 3. The predicted octanol–water partition coefficient (Wildman–Crippen LogP) is 2.96. The van der Waals surface area contributed by atoms with Gasteiger partial charge in [-0.15, -0.1) is 0 Å². The van der Waals surface area contributed by atoms with Crippen LogP contribution < -0.4 is 16.4 Å². The number of amides is 1. The molecule has 0 spiro atoms. The average molecular weight is 310 g/mol. The van der Waals surface area contributed by atoms with Crippen molar-refractivity contribution in [2.75, 3.05) is 24.1 Å². The minimum absolute atomic E-state index is 0.118. The Morgan fingerprint density at radius 2 is 1.95 bits per heavy atom. The maximum atomic E-state index is 12.3. The van der Waals surface area contributed by atoms with Gasteiger partial charge in [-0.1, -0.05) is 46.0 Å². The Balaban J connectivity index is 1.94. The van der Waals surface area contributed by atoms with Crippen molar-refractivity contribution in [3.05, 3.63) is 4.88 Å². The predicted molar refractivity (Wildman–Crippen MR) is 88.7 cm³/mol. The van der Waals surface area contributed by atoms with Crippen LogP contribution in [0.15, 0.2) is 0 Å². The van der Waals surface area contributed by atoms with Crippen molar-refractivity contribution >= 4 is 28.2 Å². The van der Waals surface area contributed by atoms with Crippen LogP contribution in [0.1, 0.15) is 50.7 Å².